The highest BCUT2D eigenvalue weighted by Gasteiger charge is 2.35. The van der Waals surface area contributed by atoms with Crippen molar-refractivity contribution >= 4 is 73.7 Å². The second-order valence-electron chi connectivity index (χ2n) is 17.6. The van der Waals surface area contributed by atoms with E-state index in [4.69, 9.17) is 9.47 Å². The summed E-state index contributed by atoms with van der Waals surface area (Å²) >= 11 is 3.80. The average Bonchev–Trinajstić information content (AvgIpc) is 3.18. The molecule has 0 heterocycles. The lowest BCUT2D eigenvalue weighted by atomic mass is 9.75. The maximum Gasteiger partial charge on any atom is 0.339 e. The summed E-state index contributed by atoms with van der Waals surface area (Å²) in [6, 6.07) is 30.6. The van der Waals surface area contributed by atoms with E-state index in [2.05, 4.69) is 136 Å². The monoisotopic (exact) mass is 824 g/mol. The summed E-state index contributed by atoms with van der Waals surface area (Å²) in [7, 11) is 0. The Labute approximate surface area is 347 Å². The molecule has 6 atom stereocenters. The Balaban J connectivity index is 1.05. The second-order valence-corrected chi connectivity index (χ2v) is 18.4. The molecule has 0 amide bonds. The van der Waals surface area contributed by atoms with E-state index in [1.54, 1.807) is 0 Å². The molecule has 0 aromatic heterocycles. The van der Waals surface area contributed by atoms with Crippen molar-refractivity contribution in [1.29, 1.82) is 0 Å². The van der Waals surface area contributed by atoms with Crippen LogP contribution in [0.4, 0.5) is 0 Å². The number of halogens is 1. The van der Waals surface area contributed by atoms with Gasteiger partial charge in [0, 0.05) is 4.47 Å². The molecule has 4 nitrogen and oxygen atoms in total. The molecule has 0 bridgehead atoms. The van der Waals surface area contributed by atoms with Crippen molar-refractivity contribution in [1.82, 2.24) is 0 Å². The van der Waals surface area contributed by atoms with Crippen LogP contribution in [0.1, 0.15) is 123 Å². The van der Waals surface area contributed by atoms with Crippen molar-refractivity contribution in [2.24, 2.45) is 35.5 Å². The number of ether oxygens (including phenoxy) is 2. The van der Waals surface area contributed by atoms with Gasteiger partial charge < -0.3 is 9.47 Å². The fourth-order valence-electron chi connectivity index (χ4n) is 9.21. The molecule has 296 valence electrons. The largest absolute Gasteiger partial charge is 0.458 e. The smallest absolute Gasteiger partial charge is 0.339 e. The predicted molar refractivity (Wildman–Crippen MR) is 241 cm³/mol. The zero-order chi connectivity index (χ0) is 40.2. The van der Waals surface area contributed by atoms with E-state index in [-0.39, 0.29) is 24.1 Å². The Morgan fingerprint density at radius 1 is 0.579 bits per heavy atom. The van der Waals surface area contributed by atoms with Gasteiger partial charge >= 0.3 is 11.9 Å². The van der Waals surface area contributed by atoms with Gasteiger partial charge in [0.2, 0.25) is 0 Å². The Morgan fingerprint density at radius 2 is 1.02 bits per heavy atom. The van der Waals surface area contributed by atoms with Crippen molar-refractivity contribution in [3.63, 3.8) is 0 Å². The molecule has 2 aliphatic rings. The third-order valence-electron chi connectivity index (χ3n) is 12.6. The fraction of sp³-hybridized carbons (Fsp3) is 0.385. The van der Waals surface area contributed by atoms with Crippen LogP contribution in [0.5, 0.6) is 0 Å². The highest BCUT2D eigenvalue weighted by atomic mass is 79.9. The van der Waals surface area contributed by atoms with Crippen LogP contribution in [0.2, 0.25) is 0 Å². The van der Waals surface area contributed by atoms with Gasteiger partial charge in [-0.15, -0.1) is 0 Å². The van der Waals surface area contributed by atoms with Gasteiger partial charge in [0.15, 0.2) is 0 Å². The second kappa shape index (κ2) is 18.0. The van der Waals surface area contributed by atoms with E-state index in [0.717, 1.165) is 74.0 Å². The van der Waals surface area contributed by atoms with Gasteiger partial charge in [-0.1, -0.05) is 155 Å². The summed E-state index contributed by atoms with van der Waals surface area (Å²) in [5.74, 6) is 2.44. The Bertz CT molecular complexity index is 2300. The molecule has 0 aliphatic heterocycles. The van der Waals surface area contributed by atoms with Crippen molar-refractivity contribution < 1.29 is 19.1 Å². The molecule has 2 aliphatic carbocycles. The lowest BCUT2D eigenvalue weighted by Gasteiger charge is -2.36. The van der Waals surface area contributed by atoms with E-state index in [1.807, 2.05) is 36.4 Å². The first-order valence-electron chi connectivity index (χ1n) is 21.1. The number of hydrogen-bond acceptors (Lipinski definition) is 4. The van der Waals surface area contributed by atoms with Crippen LogP contribution in [-0.2, 0) is 9.47 Å². The van der Waals surface area contributed by atoms with Gasteiger partial charge in [-0.3, -0.25) is 0 Å². The third kappa shape index (κ3) is 9.63. The lowest BCUT2D eigenvalue weighted by Crippen LogP contribution is -2.35. The Morgan fingerprint density at radius 3 is 1.47 bits per heavy atom. The zero-order valence-electron chi connectivity index (χ0n) is 34.3. The van der Waals surface area contributed by atoms with Crippen molar-refractivity contribution in [3.8, 4) is 0 Å². The van der Waals surface area contributed by atoms with Crippen molar-refractivity contribution in [3.05, 3.63) is 129 Å². The summed E-state index contributed by atoms with van der Waals surface area (Å²) < 4.78 is 13.5. The molecule has 0 spiro atoms. The summed E-state index contributed by atoms with van der Waals surface area (Å²) in [4.78, 5) is 27.3. The first kappa shape index (κ1) is 40.7. The Hall–Kier alpha value is -4.48. The Kier molecular flexibility index (Phi) is 12.8. The molecule has 0 N–H and O–H groups in total. The van der Waals surface area contributed by atoms with Gasteiger partial charge in [0.25, 0.3) is 0 Å². The fourth-order valence-corrected chi connectivity index (χ4v) is 9.74. The molecule has 0 saturated heterocycles. The predicted octanol–water partition coefficient (Wildman–Crippen LogP) is 14.3. The molecular formula is C52H57BrO4. The molecule has 57 heavy (non-hydrogen) atoms. The average molecular weight is 826 g/mol. The van der Waals surface area contributed by atoms with Gasteiger partial charge in [0.1, 0.15) is 12.2 Å². The minimum absolute atomic E-state index is 0.0417. The number of rotatable bonds is 10. The zero-order valence-corrected chi connectivity index (χ0v) is 35.9. The van der Waals surface area contributed by atoms with Crippen LogP contribution in [-0.4, -0.2) is 24.1 Å². The van der Waals surface area contributed by atoms with Crippen LogP contribution in [0.3, 0.4) is 0 Å². The lowest BCUT2D eigenvalue weighted by molar-refractivity contribution is -0.0180. The van der Waals surface area contributed by atoms with Crippen LogP contribution in [0.25, 0.3) is 45.8 Å². The molecule has 0 radical (unpaired) electrons. The number of fused-ring (bicyclic) bond motifs is 2. The minimum Gasteiger partial charge on any atom is -0.458 e. The maximum absolute atomic E-state index is 13.6. The highest BCUT2D eigenvalue weighted by molar-refractivity contribution is 9.10. The summed E-state index contributed by atoms with van der Waals surface area (Å²) in [6.45, 7) is 13.5. The van der Waals surface area contributed by atoms with E-state index < -0.39 is 0 Å². The summed E-state index contributed by atoms with van der Waals surface area (Å²) in [5.41, 5.74) is 5.38. The van der Waals surface area contributed by atoms with Gasteiger partial charge in [-0.2, -0.15) is 0 Å². The number of carbonyl (C=O) groups is 2. The van der Waals surface area contributed by atoms with Crippen LogP contribution < -0.4 is 0 Å². The van der Waals surface area contributed by atoms with Crippen LogP contribution >= 0.6 is 15.9 Å². The number of hydrogen-bond donors (Lipinski definition) is 0. The normalized spacial score (nSPS) is 22.9. The molecule has 2 fully saturated rings. The SMILES string of the molecule is CC(C)[C@H]1CC[C@@H](C)C[C@H]1OC(=O)c1cccc2ccc(/C=C\c3ccc(/C=C\c4ccc5cccc(C(=O)O[C@@H]6C[C@@H](C)CC[C@@H]6C(C)C)c5c4)c(Br)c3)cc12. The number of esters is 2. The van der Waals surface area contributed by atoms with Crippen LogP contribution in [0.15, 0.2) is 95.5 Å². The van der Waals surface area contributed by atoms with E-state index in [9.17, 15) is 9.59 Å². The maximum atomic E-state index is 13.6. The highest BCUT2D eigenvalue weighted by Crippen LogP contribution is 2.38. The van der Waals surface area contributed by atoms with Crippen molar-refractivity contribution in [2.45, 2.75) is 92.3 Å². The van der Waals surface area contributed by atoms with Crippen molar-refractivity contribution in [2.75, 3.05) is 0 Å². The number of benzene rings is 5. The first-order chi connectivity index (χ1) is 27.4. The van der Waals surface area contributed by atoms with Crippen LogP contribution in [0, 0.1) is 35.5 Å². The molecule has 5 heteroatoms. The molecule has 5 aromatic carbocycles. The topological polar surface area (TPSA) is 52.6 Å². The standard InChI is InChI=1S/C52H57BrO4/c1-32(2)42-25-13-34(5)27-49(42)56-51(54)44-11-7-9-39-21-17-36(29-46(39)44)15-16-38-20-24-41(48(53)31-38)23-19-37-18-22-40-10-8-12-45(47(40)30-37)52(55)57-50-28-35(6)14-26-43(50)33(3)4/h7-12,15-24,29-35,42-43,49-50H,13-14,25-28H2,1-6H3/b16-15-,23-19-/t34-,35+,42-,43-,49-,50-/m1/s1. The minimum atomic E-state index is -0.228. The summed E-state index contributed by atoms with van der Waals surface area (Å²) in [6.07, 6.45) is 14.8. The first-order valence-corrected chi connectivity index (χ1v) is 21.9. The molecule has 2 saturated carbocycles. The van der Waals surface area contributed by atoms with E-state index >= 15 is 0 Å². The van der Waals surface area contributed by atoms with Gasteiger partial charge in [-0.05, 0) is 135 Å². The third-order valence-corrected chi connectivity index (χ3v) is 13.3. The van der Waals surface area contributed by atoms with Gasteiger partial charge in [0.05, 0.1) is 11.1 Å². The quantitative estimate of drug-likeness (QED) is 0.104. The molecule has 0 unspecified atom stereocenters. The van der Waals surface area contributed by atoms with E-state index in [0.29, 0.717) is 46.6 Å². The van der Waals surface area contributed by atoms with Gasteiger partial charge in [-0.25, -0.2) is 9.59 Å². The molecule has 5 aromatic rings. The summed E-state index contributed by atoms with van der Waals surface area (Å²) in [5, 5.41) is 3.86. The van der Waals surface area contributed by atoms with E-state index in [1.165, 1.54) is 12.8 Å². The number of carbonyl (C=O) groups excluding carboxylic acids is 2. The molecule has 7 rings (SSSR count). The molecular weight excluding hydrogens is 768 g/mol.